The molecule has 0 saturated heterocycles. The molecule has 0 bridgehead atoms. The van der Waals surface area contributed by atoms with Crippen LogP contribution in [0.3, 0.4) is 0 Å². The Morgan fingerprint density at radius 2 is 0.701 bits per heavy atom. The quantitative estimate of drug-likeness (QED) is 0.0321. The summed E-state index contributed by atoms with van der Waals surface area (Å²) in [5, 5.41) is 23.1. The maximum absolute atomic E-state index is 12.4. The van der Waals surface area contributed by atoms with E-state index in [4.69, 9.17) is 4.74 Å². The molecule has 6 nitrogen and oxygen atoms in total. The fourth-order valence-electron chi connectivity index (χ4n) is 9.64. The molecule has 0 aliphatic carbocycles. The normalized spacial score (nSPS) is 12.6. The number of esters is 1. The lowest BCUT2D eigenvalue weighted by molar-refractivity contribution is -0.143. The Hall–Kier alpha value is -1.40. The summed E-state index contributed by atoms with van der Waals surface area (Å²) in [6.07, 6.45) is 68.0. The zero-order valence-corrected chi connectivity index (χ0v) is 45.4. The number of allylic oxidation sites excluding steroid dienone is 2. The molecule has 0 aromatic rings. The van der Waals surface area contributed by atoms with Crippen LogP contribution in [-0.2, 0) is 14.3 Å². The molecule has 0 radical (unpaired) electrons. The molecular weight excluding hydrogens is 827 g/mol. The molecule has 6 heteroatoms. The molecule has 0 aromatic heterocycles. The number of hydrogen-bond acceptors (Lipinski definition) is 5. The zero-order chi connectivity index (χ0) is 48.6. The third-order valence-electron chi connectivity index (χ3n) is 14.3. The van der Waals surface area contributed by atoms with Gasteiger partial charge in [0.1, 0.15) is 0 Å². The van der Waals surface area contributed by atoms with E-state index in [-0.39, 0.29) is 18.5 Å². The summed E-state index contributed by atoms with van der Waals surface area (Å²) in [5.74, 6) is -0.0297. The first-order valence-corrected chi connectivity index (χ1v) is 30.4. The van der Waals surface area contributed by atoms with Gasteiger partial charge in [0.05, 0.1) is 25.4 Å². The molecule has 0 aromatic carbocycles. The van der Waals surface area contributed by atoms with E-state index in [0.29, 0.717) is 25.9 Å². The maximum atomic E-state index is 12.4. The van der Waals surface area contributed by atoms with Crippen molar-refractivity contribution in [3.63, 3.8) is 0 Å². The van der Waals surface area contributed by atoms with Crippen LogP contribution in [0.5, 0.6) is 0 Å². The third kappa shape index (κ3) is 53.8. The Morgan fingerprint density at radius 1 is 0.403 bits per heavy atom. The second-order valence-electron chi connectivity index (χ2n) is 21.0. The second-order valence-corrected chi connectivity index (χ2v) is 21.0. The Labute approximate surface area is 419 Å². The van der Waals surface area contributed by atoms with Crippen LogP contribution in [0.2, 0.25) is 0 Å². The van der Waals surface area contributed by atoms with E-state index in [2.05, 4.69) is 31.3 Å². The molecule has 0 aliphatic rings. The molecule has 0 fully saturated rings. The van der Waals surface area contributed by atoms with Crippen LogP contribution in [0, 0.1) is 0 Å². The monoisotopic (exact) mass is 946 g/mol. The van der Waals surface area contributed by atoms with Gasteiger partial charge in [-0.3, -0.25) is 9.59 Å². The first-order valence-electron chi connectivity index (χ1n) is 30.4. The van der Waals surface area contributed by atoms with Crippen LogP contribution in [0.25, 0.3) is 0 Å². The fraction of sp³-hybridized carbons (Fsp3) is 0.934. The molecule has 0 heterocycles. The molecule has 2 unspecified atom stereocenters. The summed E-state index contributed by atoms with van der Waals surface area (Å²) in [6.45, 7) is 4.95. The number of carbonyl (C=O) groups is 2. The van der Waals surface area contributed by atoms with Gasteiger partial charge >= 0.3 is 5.97 Å². The Balaban J connectivity index is 3.36. The number of hydrogen-bond donors (Lipinski definition) is 3. The van der Waals surface area contributed by atoms with Gasteiger partial charge in [-0.2, -0.15) is 0 Å². The number of unbranched alkanes of at least 4 members (excludes halogenated alkanes) is 44. The number of ether oxygens (including phenoxy) is 1. The van der Waals surface area contributed by atoms with Crippen LogP contribution in [0.4, 0.5) is 0 Å². The predicted molar refractivity (Wildman–Crippen MR) is 292 cm³/mol. The van der Waals surface area contributed by atoms with E-state index in [1.54, 1.807) is 0 Å². The minimum Gasteiger partial charge on any atom is -0.466 e. The van der Waals surface area contributed by atoms with Crippen molar-refractivity contribution in [2.75, 3.05) is 13.2 Å². The van der Waals surface area contributed by atoms with Crippen molar-refractivity contribution in [2.45, 2.75) is 353 Å². The average Bonchev–Trinajstić information content (AvgIpc) is 3.33. The van der Waals surface area contributed by atoms with E-state index in [0.717, 1.165) is 38.5 Å². The number of amides is 1. The summed E-state index contributed by atoms with van der Waals surface area (Å²) < 4.78 is 5.50. The summed E-state index contributed by atoms with van der Waals surface area (Å²) in [6, 6.07) is -0.544. The van der Waals surface area contributed by atoms with Crippen molar-refractivity contribution >= 4 is 11.9 Å². The van der Waals surface area contributed by atoms with Gasteiger partial charge in [-0.05, 0) is 51.4 Å². The highest BCUT2D eigenvalue weighted by molar-refractivity contribution is 5.76. The van der Waals surface area contributed by atoms with Crippen LogP contribution in [0.1, 0.15) is 341 Å². The molecule has 398 valence electrons. The van der Waals surface area contributed by atoms with E-state index >= 15 is 0 Å². The van der Waals surface area contributed by atoms with Gasteiger partial charge in [-0.15, -0.1) is 0 Å². The molecule has 67 heavy (non-hydrogen) atoms. The lowest BCUT2D eigenvalue weighted by Gasteiger charge is -2.22. The molecule has 0 spiro atoms. The number of nitrogens with one attached hydrogen (secondary N) is 1. The number of aliphatic hydroxyl groups is 2. The van der Waals surface area contributed by atoms with Crippen molar-refractivity contribution in [2.24, 2.45) is 0 Å². The fourth-order valence-corrected chi connectivity index (χ4v) is 9.64. The largest absolute Gasteiger partial charge is 0.466 e. The lowest BCUT2D eigenvalue weighted by atomic mass is 10.0. The van der Waals surface area contributed by atoms with Crippen molar-refractivity contribution in [1.82, 2.24) is 5.32 Å². The first kappa shape index (κ1) is 65.6. The average molecular weight is 947 g/mol. The molecular formula is C61H119NO5. The van der Waals surface area contributed by atoms with Crippen molar-refractivity contribution in [3.05, 3.63) is 12.2 Å². The van der Waals surface area contributed by atoms with Crippen LogP contribution < -0.4 is 5.32 Å². The second kappa shape index (κ2) is 57.2. The van der Waals surface area contributed by atoms with Crippen molar-refractivity contribution < 1.29 is 24.5 Å². The zero-order valence-electron chi connectivity index (χ0n) is 45.4. The molecule has 3 N–H and O–H groups in total. The molecule has 0 rings (SSSR count). The van der Waals surface area contributed by atoms with Gasteiger partial charge in [0.15, 0.2) is 0 Å². The van der Waals surface area contributed by atoms with Crippen molar-refractivity contribution in [1.29, 1.82) is 0 Å². The predicted octanol–water partition coefficient (Wildman–Crippen LogP) is 18.9. The molecule has 0 saturated carbocycles. The van der Waals surface area contributed by atoms with Crippen LogP contribution >= 0.6 is 0 Å². The summed E-state index contributed by atoms with van der Waals surface area (Å²) in [4.78, 5) is 24.5. The van der Waals surface area contributed by atoms with Crippen LogP contribution in [0.15, 0.2) is 12.2 Å². The number of rotatable bonds is 57. The SMILES string of the molecule is CCCCCCCCCCCCCCCCCCCCCC(=O)OCCCCCCCCCCCC/C=C\CCCCCCCCCC(=O)NC(CO)C(O)CCCCCCCCCCCC. The van der Waals surface area contributed by atoms with E-state index in [1.807, 2.05) is 0 Å². The summed E-state index contributed by atoms with van der Waals surface area (Å²) >= 11 is 0. The third-order valence-corrected chi connectivity index (χ3v) is 14.3. The highest BCUT2D eigenvalue weighted by atomic mass is 16.5. The number of carbonyl (C=O) groups excluding carboxylic acids is 2. The van der Waals surface area contributed by atoms with Crippen molar-refractivity contribution in [3.8, 4) is 0 Å². The smallest absolute Gasteiger partial charge is 0.305 e. The van der Waals surface area contributed by atoms with Gasteiger partial charge in [-0.1, -0.05) is 289 Å². The highest BCUT2D eigenvalue weighted by Crippen LogP contribution is 2.18. The summed E-state index contributed by atoms with van der Waals surface area (Å²) in [7, 11) is 0. The maximum Gasteiger partial charge on any atom is 0.305 e. The van der Waals surface area contributed by atoms with E-state index in [9.17, 15) is 19.8 Å². The Kier molecular flexibility index (Phi) is 56.0. The van der Waals surface area contributed by atoms with E-state index < -0.39 is 12.1 Å². The van der Waals surface area contributed by atoms with Gasteiger partial charge in [0.25, 0.3) is 0 Å². The molecule has 2 atom stereocenters. The van der Waals surface area contributed by atoms with E-state index in [1.165, 1.54) is 270 Å². The lowest BCUT2D eigenvalue weighted by Crippen LogP contribution is -2.45. The topological polar surface area (TPSA) is 95.9 Å². The Bertz CT molecular complexity index is 1000. The van der Waals surface area contributed by atoms with Gasteiger partial charge in [0.2, 0.25) is 5.91 Å². The molecule has 0 aliphatic heterocycles. The van der Waals surface area contributed by atoms with Gasteiger partial charge < -0.3 is 20.3 Å². The minimum absolute atomic E-state index is 0.0134. The summed E-state index contributed by atoms with van der Waals surface area (Å²) in [5.41, 5.74) is 0. The van der Waals surface area contributed by atoms with Crippen LogP contribution in [-0.4, -0.2) is 47.4 Å². The number of aliphatic hydroxyl groups excluding tert-OH is 2. The Morgan fingerprint density at radius 3 is 1.06 bits per heavy atom. The standard InChI is InChI=1S/C61H119NO5/c1-3-5-7-9-11-13-15-16-17-18-22-26-29-32-35-39-43-47-51-55-61(66)67-56-52-48-44-40-36-33-30-27-24-21-19-20-23-25-28-31-34-38-42-46-50-54-60(65)62-58(57-63)59(64)53-49-45-41-37-14-12-10-8-6-4-2/h20,23,58-59,63-64H,3-19,21-22,24-57H2,1-2H3,(H,62,65)/b23-20-. The minimum atomic E-state index is -0.666. The van der Waals surface area contributed by atoms with Gasteiger partial charge in [0, 0.05) is 12.8 Å². The van der Waals surface area contributed by atoms with Gasteiger partial charge in [-0.25, -0.2) is 0 Å². The molecule has 1 amide bonds. The first-order chi connectivity index (χ1) is 33.0. The highest BCUT2D eigenvalue weighted by Gasteiger charge is 2.20.